The minimum atomic E-state index is -3.46. The summed E-state index contributed by atoms with van der Waals surface area (Å²) in [6.07, 6.45) is 2.16. The number of likely N-dealkylation sites (tertiary alicyclic amines) is 1. The van der Waals surface area contributed by atoms with Crippen LogP contribution in [0.4, 0.5) is 5.69 Å². The lowest BCUT2D eigenvalue weighted by Crippen LogP contribution is -2.37. The van der Waals surface area contributed by atoms with E-state index < -0.39 is 10.0 Å². The maximum absolute atomic E-state index is 12.4. The van der Waals surface area contributed by atoms with Crippen molar-refractivity contribution in [2.45, 2.75) is 31.2 Å². The van der Waals surface area contributed by atoms with Gasteiger partial charge in [-0.05, 0) is 48.2 Å². The quantitative estimate of drug-likeness (QED) is 0.557. The van der Waals surface area contributed by atoms with Crippen LogP contribution in [0.15, 0.2) is 84.9 Å². The summed E-state index contributed by atoms with van der Waals surface area (Å²) in [6, 6.07) is 26.9. The van der Waals surface area contributed by atoms with Crippen LogP contribution < -0.4 is 9.46 Å². The molecule has 1 N–H and O–H groups in total. The Morgan fingerprint density at radius 1 is 0.806 bits per heavy atom. The zero-order chi connectivity index (χ0) is 21.5. The summed E-state index contributed by atoms with van der Waals surface area (Å²) in [6.45, 7) is 3.00. The van der Waals surface area contributed by atoms with E-state index >= 15 is 0 Å². The second-order valence-electron chi connectivity index (χ2n) is 7.95. The lowest BCUT2D eigenvalue weighted by molar-refractivity contribution is 0.0968. The number of ether oxygens (including phenoxy) is 1. The fraction of sp³-hybridized carbons (Fsp3) is 0.280. The van der Waals surface area contributed by atoms with E-state index in [2.05, 4.69) is 33.9 Å². The summed E-state index contributed by atoms with van der Waals surface area (Å²) >= 11 is 0. The number of anilines is 1. The summed E-state index contributed by atoms with van der Waals surface area (Å²) in [7, 11) is -3.46. The van der Waals surface area contributed by atoms with E-state index in [4.69, 9.17) is 4.74 Å². The predicted molar refractivity (Wildman–Crippen MR) is 124 cm³/mol. The highest BCUT2D eigenvalue weighted by Crippen LogP contribution is 2.23. The molecule has 0 radical (unpaired) electrons. The van der Waals surface area contributed by atoms with Gasteiger partial charge in [-0.1, -0.05) is 60.7 Å². The Morgan fingerprint density at radius 2 is 1.39 bits per heavy atom. The van der Waals surface area contributed by atoms with Crippen molar-refractivity contribution in [1.29, 1.82) is 0 Å². The Balaban J connectivity index is 1.25. The van der Waals surface area contributed by atoms with Gasteiger partial charge in [0.1, 0.15) is 11.9 Å². The van der Waals surface area contributed by atoms with E-state index in [1.807, 2.05) is 36.4 Å². The summed E-state index contributed by atoms with van der Waals surface area (Å²) in [5.74, 6) is 0.723. The van der Waals surface area contributed by atoms with E-state index in [-0.39, 0.29) is 11.9 Å². The van der Waals surface area contributed by atoms with Gasteiger partial charge in [0.05, 0.1) is 5.75 Å². The SMILES string of the molecule is O=S(=O)(Cc1ccccc1)Nc1ccc(OC2CCN(Cc3ccccc3)CC2)cc1. The highest BCUT2D eigenvalue weighted by molar-refractivity contribution is 7.91. The number of hydrogen-bond donors (Lipinski definition) is 1. The van der Waals surface area contributed by atoms with Gasteiger partial charge in [0.25, 0.3) is 0 Å². The normalized spacial score (nSPS) is 15.5. The molecule has 1 aliphatic heterocycles. The molecule has 0 aromatic heterocycles. The largest absolute Gasteiger partial charge is 0.490 e. The maximum atomic E-state index is 12.4. The van der Waals surface area contributed by atoms with E-state index in [0.29, 0.717) is 5.69 Å². The van der Waals surface area contributed by atoms with Crippen molar-refractivity contribution in [2.75, 3.05) is 17.8 Å². The third-order valence-electron chi connectivity index (χ3n) is 5.41. The van der Waals surface area contributed by atoms with Crippen LogP contribution in [0, 0.1) is 0 Å². The first kappa shape index (κ1) is 21.4. The highest BCUT2D eigenvalue weighted by Gasteiger charge is 2.20. The minimum Gasteiger partial charge on any atom is -0.490 e. The molecule has 3 aromatic rings. The van der Waals surface area contributed by atoms with Gasteiger partial charge in [-0.3, -0.25) is 9.62 Å². The van der Waals surface area contributed by atoms with E-state index in [1.54, 1.807) is 24.3 Å². The molecule has 1 saturated heterocycles. The minimum absolute atomic E-state index is 0.0480. The van der Waals surface area contributed by atoms with Crippen molar-refractivity contribution in [3.63, 3.8) is 0 Å². The number of sulfonamides is 1. The maximum Gasteiger partial charge on any atom is 0.236 e. The first-order valence-corrected chi connectivity index (χ1v) is 12.3. The van der Waals surface area contributed by atoms with Gasteiger partial charge in [-0.2, -0.15) is 0 Å². The Labute approximate surface area is 184 Å². The molecule has 1 aliphatic rings. The zero-order valence-electron chi connectivity index (χ0n) is 17.5. The van der Waals surface area contributed by atoms with Gasteiger partial charge in [0, 0.05) is 25.3 Å². The molecule has 0 saturated carbocycles. The molecule has 0 amide bonds. The van der Waals surface area contributed by atoms with Gasteiger partial charge >= 0.3 is 0 Å². The number of hydrogen-bond acceptors (Lipinski definition) is 4. The Hall–Kier alpha value is -2.83. The van der Waals surface area contributed by atoms with Crippen LogP contribution in [-0.4, -0.2) is 32.5 Å². The molecular formula is C25H28N2O3S. The van der Waals surface area contributed by atoms with Crippen LogP contribution in [-0.2, 0) is 22.3 Å². The van der Waals surface area contributed by atoms with Crippen molar-refractivity contribution in [2.24, 2.45) is 0 Å². The lowest BCUT2D eigenvalue weighted by atomic mass is 10.1. The van der Waals surface area contributed by atoms with Crippen LogP contribution in [0.3, 0.4) is 0 Å². The Morgan fingerprint density at radius 3 is 2.00 bits per heavy atom. The first-order valence-electron chi connectivity index (χ1n) is 10.6. The van der Waals surface area contributed by atoms with Crippen LogP contribution >= 0.6 is 0 Å². The van der Waals surface area contributed by atoms with Crippen molar-refractivity contribution in [1.82, 2.24) is 4.90 Å². The molecule has 0 bridgehead atoms. The molecule has 0 atom stereocenters. The number of benzene rings is 3. The van der Waals surface area contributed by atoms with Gasteiger partial charge in [-0.25, -0.2) is 8.42 Å². The van der Waals surface area contributed by atoms with Gasteiger partial charge in [0.15, 0.2) is 0 Å². The lowest BCUT2D eigenvalue weighted by Gasteiger charge is -2.32. The molecular weight excluding hydrogens is 408 g/mol. The highest BCUT2D eigenvalue weighted by atomic mass is 32.2. The van der Waals surface area contributed by atoms with E-state index in [1.165, 1.54) is 5.56 Å². The summed E-state index contributed by atoms with van der Waals surface area (Å²) in [5.41, 5.74) is 2.64. The fourth-order valence-corrected chi connectivity index (χ4v) is 5.03. The average molecular weight is 437 g/mol. The third kappa shape index (κ3) is 6.57. The first-order chi connectivity index (χ1) is 15.1. The molecule has 1 fully saturated rings. The second-order valence-corrected chi connectivity index (χ2v) is 9.67. The van der Waals surface area contributed by atoms with Crippen molar-refractivity contribution in [3.8, 4) is 5.75 Å². The number of rotatable bonds is 8. The number of piperidine rings is 1. The van der Waals surface area contributed by atoms with Crippen molar-refractivity contribution >= 4 is 15.7 Å². The second kappa shape index (κ2) is 9.98. The molecule has 162 valence electrons. The van der Waals surface area contributed by atoms with Crippen molar-refractivity contribution in [3.05, 3.63) is 96.1 Å². The monoisotopic (exact) mass is 436 g/mol. The topological polar surface area (TPSA) is 58.6 Å². The molecule has 31 heavy (non-hydrogen) atoms. The summed E-state index contributed by atoms with van der Waals surface area (Å²) in [4.78, 5) is 2.46. The van der Waals surface area contributed by atoms with Crippen LogP contribution in [0.2, 0.25) is 0 Å². The van der Waals surface area contributed by atoms with Crippen LogP contribution in [0.1, 0.15) is 24.0 Å². The van der Waals surface area contributed by atoms with Gasteiger partial charge in [0.2, 0.25) is 10.0 Å². The number of nitrogens with one attached hydrogen (secondary N) is 1. The smallest absolute Gasteiger partial charge is 0.236 e. The van der Waals surface area contributed by atoms with E-state index in [0.717, 1.165) is 43.8 Å². The molecule has 6 heteroatoms. The summed E-state index contributed by atoms with van der Waals surface area (Å²) in [5, 5.41) is 0. The standard InChI is InChI=1S/C25H28N2O3S/c28-31(29,20-22-9-5-2-6-10-22)26-23-11-13-24(14-12-23)30-25-15-17-27(18-16-25)19-21-7-3-1-4-8-21/h1-14,25-26H,15-20H2. The fourth-order valence-electron chi connectivity index (χ4n) is 3.83. The molecule has 0 aliphatic carbocycles. The van der Waals surface area contributed by atoms with E-state index in [9.17, 15) is 8.42 Å². The molecule has 4 rings (SSSR count). The Bertz CT molecular complexity index is 1050. The Kier molecular flexibility index (Phi) is 6.89. The summed E-state index contributed by atoms with van der Waals surface area (Å²) < 4.78 is 33.5. The molecule has 1 heterocycles. The zero-order valence-corrected chi connectivity index (χ0v) is 18.3. The third-order valence-corrected chi connectivity index (χ3v) is 6.67. The average Bonchev–Trinajstić information content (AvgIpc) is 2.77. The van der Waals surface area contributed by atoms with Gasteiger partial charge in [-0.15, -0.1) is 0 Å². The van der Waals surface area contributed by atoms with Gasteiger partial charge < -0.3 is 4.74 Å². The molecule has 0 spiro atoms. The number of nitrogens with zero attached hydrogens (tertiary/aromatic N) is 1. The van der Waals surface area contributed by atoms with Crippen LogP contribution in [0.5, 0.6) is 5.75 Å². The predicted octanol–water partition coefficient (Wildman–Crippen LogP) is 4.67. The molecule has 5 nitrogen and oxygen atoms in total. The molecule has 3 aromatic carbocycles. The molecule has 0 unspecified atom stereocenters. The van der Waals surface area contributed by atoms with Crippen LogP contribution in [0.25, 0.3) is 0 Å². The van der Waals surface area contributed by atoms with Crippen molar-refractivity contribution < 1.29 is 13.2 Å².